The summed E-state index contributed by atoms with van der Waals surface area (Å²) in [5.74, 6) is 0. The monoisotopic (exact) mass is 228 g/mol. The molecule has 0 amide bonds. The second-order valence-electron chi connectivity index (χ2n) is 2.77. The second kappa shape index (κ2) is 3.59. The molecular weight excluding hydrogens is 223 g/mol. The van der Waals surface area contributed by atoms with Gasteiger partial charge < -0.3 is 4.98 Å². The van der Waals surface area contributed by atoms with Gasteiger partial charge in [-0.15, -0.1) is 0 Å². The maximum atomic E-state index is 11.4. The minimum atomic E-state index is -0.900. The van der Waals surface area contributed by atoms with Gasteiger partial charge in [-0.1, -0.05) is 35.3 Å². The van der Waals surface area contributed by atoms with Crippen molar-refractivity contribution in [1.82, 2.24) is 9.97 Å². The molecule has 0 spiro atoms. The van der Waals surface area contributed by atoms with E-state index in [0.29, 0.717) is 11.0 Å². The molecule has 1 N–H and O–H groups in total. The first-order valence-electron chi connectivity index (χ1n) is 3.95. The summed E-state index contributed by atoms with van der Waals surface area (Å²) in [5.41, 5.74) is 1.13. The maximum Gasteiger partial charge on any atom is 0.272 e. The van der Waals surface area contributed by atoms with Gasteiger partial charge in [0, 0.05) is 0 Å². The van der Waals surface area contributed by atoms with Crippen LogP contribution in [0.1, 0.15) is 10.5 Å². The average Bonchev–Trinajstić information content (AvgIpc) is 2.16. The molecule has 14 heavy (non-hydrogen) atoms. The van der Waals surface area contributed by atoms with E-state index in [1.807, 2.05) is 12.1 Å². The number of nitrogens with one attached hydrogen (secondary N) is 1. The Morgan fingerprint density at radius 2 is 2.00 bits per heavy atom. The molecule has 3 nitrogen and oxygen atoms in total. The van der Waals surface area contributed by atoms with Crippen molar-refractivity contribution in [3.05, 3.63) is 40.3 Å². The SMILES string of the molecule is O=c1[nH]c2ccccc2nc1C(Cl)Cl. The van der Waals surface area contributed by atoms with Crippen molar-refractivity contribution in [1.29, 1.82) is 0 Å². The van der Waals surface area contributed by atoms with Crippen molar-refractivity contribution in [3.8, 4) is 0 Å². The lowest BCUT2D eigenvalue weighted by molar-refractivity contribution is 1.08. The zero-order valence-electron chi connectivity index (χ0n) is 7.00. The van der Waals surface area contributed by atoms with E-state index in [9.17, 15) is 4.79 Å². The number of fused-ring (bicyclic) bond motifs is 1. The third-order valence-corrected chi connectivity index (χ3v) is 2.25. The van der Waals surface area contributed by atoms with Gasteiger partial charge in [-0.3, -0.25) is 4.79 Å². The van der Waals surface area contributed by atoms with Crippen molar-refractivity contribution in [2.45, 2.75) is 4.84 Å². The predicted octanol–water partition coefficient (Wildman–Crippen LogP) is 2.40. The van der Waals surface area contributed by atoms with Crippen LogP contribution in [-0.2, 0) is 0 Å². The van der Waals surface area contributed by atoms with Crippen LogP contribution in [0.5, 0.6) is 0 Å². The Morgan fingerprint density at radius 1 is 1.29 bits per heavy atom. The summed E-state index contributed by atoms with van der Waals surface area (Å²) >= 11 is 11.2. The lowest BCUT2D eigenvalue weighted by atomic mass is 10.3. The van der Waals surface area contributed by atoms with E-state index in [4.69, 9.17) is 23.2 Å². The van der Waals surface area contributed by atoms with Gasteiger partial charge in [-0.05, 0) is 12.1 Å². The molecule has 0 aliphatic carbocycles. The third-order valence-electron chi connectivity index (χ3n) is 1.83. The normalized spacial score (nSPS) is 11.1. The third kappa shape index (κ3) is 1.61. The van der Waals surface area contributed by atoms with Gasteiger partial charge in [-0.25, -0.2) is 4.98 Å². The van der Waals surface area contributed by atoms with E-state index < -0.39 is 4.84 Å². The Kier molecular flexibility index (Phi) is 2.44. The van der Waals surface area contributed by atoms with Crippen LogP contribution in [0.15, 0.2) is 29.1 Å². The molecule has 1 aromatic carbocycles. The quantitative estimate of drug-likeness (QED) is 0.763. The van der Waals surface area contributed by atoms with E-state index in [-0.39, 0.29) is 11.3 Å². The van der Waals surface area contributed by atoms with E-state index >= 15 is 0 Å². The highest BCUT2D eigenvalue weighted by Crippen LogP contribution is 2.20. The van der Waals surface area contributed by atoms with Gasteiger partial charge in [0.25, 0.3) is 5.56 Å². The average molecular weight is 229 g/mol. The van der Waals surface area contributed by atoms with E-state index in [2.05, 4.69) is 9.97 Å². The van der Waals surface area contributed by atoms with Crippen LogP contribution in [0.25, 0.3) is 11.0 Å². The minimum Gasteiger partial charge on any atom is -0.319 e. The van der Waals surface area contributed by atoms with Crippen LogP contribution in [0.3, 0.4) is 0 Å². The molecule has 0 atom stereocenters. The summed E-state index contributed by atoms with van der Waals surface area (Å²) in [4.78, 5) is 17.2. The zero-order chi connectivity index (χ0) is 10.1. The largest absolute Gasteiger partial charge is 0.319 e. The standard InChI is InChI=1S/C9H6Cl2N2O/c10-8(11)7-9(14)13-6-4-2-1-3-5(6)12-7/h1-4,8H,(H,13,14). The number of H-pyrrole nitrogens is 1. The molecule has 1 aromatic heterocycles. The van der Waals surface area contributed by atoms with Gasteiger partial charge in [0.05, 0.1) is 11.0 Å². The number of para-hydroxylation sites is 2. The summed E-state index contributed by atoms with van der Waals surface area (Å²) in [6.45, 7) is 0. The zero-order valence-corrected chi connectivity index (χ0v) is 8.51. The molecule has 0 unspecified atom stereocenters. The lowest BCUT2D eigenvalue weighted by Crippen LogP contribution is -2.14. The van der Waals surface area contributed by atoms with Crippen LogP contribution in [0.2, 0.25) is 0 Å². The fourth-order valence-electron chi connectivity index (χ4n) is 1.19. The second-order valence-corrected chi connectivity index (χ2v) is 3.87. The number of hydrogen-bond acceptors (Lipinski definition) is 2. The van der Waals surface area contributed by atoms with E-state index in [1.165, 1.54) is 0 Å². The molecule has 0 aliphatic heterocycles. The predicted molar refractivity (Wildman–Crippen MR) is 56.8 cm³/mol. The molecule has 0 saturated carbocycles. The van der Waals surface area contributed by atoms with Crippen molar-refractivity contribution >= 4 is 34.2 Å². The van der Waals surface area contributed by atoms with Gasteiger partial charge in [0.2, 0.25) is 0 Å². The molecular formula is C9H6Cl2N2O. The number of aromatic amines is 1. The molecule has 0 fully saturated rings. The number of benzene rings is 1. The number of halogens is 2. The van der Waals surface area contributed by atoms with E-state index in [1.54, 1.807) is 12.1 Å². The summed E-state index contributed by atoms with van der Waals surface area (Å²) in [5, 5.41) is 0. The number of hydrogen-bond donors (Lipinski definition) is 1. The van der Waals surface area contributed by atoms with Crippen molar-refractivity contribution < 1.29 is 0 Å². The summed E-state index contributed by atoms with van der Waals surface area (Å²) in [7, 11) is 0. The maximum absolute atomic E-state index is 11.4. The molecule has 0 saturated heterocycles. The van der Waals surface area contributed by atoms with Gasteiger partial charge in [0.1, 0.15) is 5.69 Å². The first kappa shape index (κ1) is 9.49. The summed E-state index contributed by atoms with van der Waals surface area (Å²) < 4.78 is 0. The molecule has 72 valence electrons. The first-order valence-corrected chi connectivity index (χ1v) is 4.83. The topological polar surface area (TPSA) is 45.8 Å². The van der Waals surface area contributed by atoms with Gasteiger partial charge in [-0.2, -0.15) is 0 Å². The molecule has 2 aromatic rings. The summed E-state index contributed by atoms with van der Waals surface area (Å²) in [6.07, 6.45) is 0. The minimum absolute atomic E-state index is 0.132. The van der Waals surface area contributed by atoms with Crippen molar-refractivity contribution in [2.75, 3.05) is 0 Å². The van der Waals surface area contributed by atoms with Crippen LogP contribution < -0.4 is 5.56 Å². The van der Waals surface area contributed by atoms with Crippen molar-refractivity contribution in [3.63, 3.8) is 0 Å². The molecule has 2 rings (SSSR count). The Balaban J connectivity index is 2.78. The Labute approximate surface area is 89.7 Å². The number of rotatable bonds is 1. The number of alkyl halides is 2. The Bertz CT molecular complexity index is 521. The smallest absolute Gasteiger partial charge is 0.272 e. The van der Waals surface area contributed by atoms with Crippen LogP contribution in [0, 0.1) is 0 Å². The number of nitrogens with zero attached hydrogens (tertiary/aromatic N) is 1. The molecule has 0 bridgehead atoms. The van der Waals surface area contributed by atoms with Crippen molar-refractivity contribution in [2.24, 2.45) is 0 Å². The fourth-order valence-corrected chi connectivity index (χ4v) is 1.49. The van der Waals surface area contributed by atoms with Crippen LogP contribution in [-0.4, -0.2) is 9.97 Å². The molecule has 0 aliphatic rings. The highest BCUT2D eigenvalue weighted by Gasteiger charge is 2.11. The Morgan fingerprint density at radius 3 is 2.71 bits per heavy atom. The first-order chi connectivity index (χ1) is 6.68. The molecule has 0 radical (unpaired) electrons. The fraction of sp³-hybridized carbons (Fsp3) is 0.111. The number of aromatic nitrogens is 2. The molecule has 1 heterocycles. The van der Waals surface area contributed by atoms with Crippen LogP contribution in [0.4, 0.5) is 0 Å². The molecule has 5 heteroatoms. The van der Waals surface area contributed by atoms with Crippen LogP contribution >= 0.6 is 23.2 Å². The highest BCUT2D eigenvalue weighted by atomic mass is 35.5. The lowest BCUT2D eigenvalue weighted by Gasteiger charge is -2.01. The van der Waals surface area contributed by atoms with E-state index in [0.717, 1.165) is 0 Å². The Hall–Kier alpha value is -1.06. The summed E-state index contributed by atoms with van der Waals surface area (Å²) in [6, 6.07) is 7.20. The van der Waals surface area contributed by atoms with Gasteiger partial charge in [0.15, 0.2) is 4.84 Å². The highest BCUT2D eigenvalue weighted by molar-refractivity contribution is 6.43. The van der Waals surface area contributed by atoms with Gasteiger partial charge >= 0.3 is 0 Å².